The predicted octanol–water partition coefficient (Wildman–Crippen LogP) is 1.78. The van der Waals surface area contributed by atoms with Gasteiger partial charge in [-0.1, -0.05) is 0 Å². The summed E-state index contributed by atoms with van der Waals surface area (Å²) in [5.74, 6) is 0.300. The molecule has 0 bridgehead atoms. The number of ether oxygens (including phenoxy) is 1. The van der Waals surface area contributed by atoms with E-state index in [2.05, 4.69) is 4.99 Å². The lowest BCUT2D eigenvalue weighted by Gasteiger charge is -2.34. The van der Waals surface area contributed by atoms with E-state index >= 15 is 0 Å². The highest BCUT2D eigenvalue weighted by atomic mass is 16.5. The zero-order valence-corrected chi connectivity index (χ0v) is 11.9. The fraction of sp³-hybridized carbons (Fsp3) is 0.400. The highest BCUT2D eigenvalue weighted by Gasteiger charge is 2.37. The van der Waals surface area contributed by atoms with Gasteiger partial charge in [0.1, 0.15) is 22.8 Å². The molecule has 6 nitrogen and oxygen atoms in total. The van der Waals surface area contributed by atoms with Gasteiger partial charge in [0, 0.05) is 18.9 Å². The molecule has 1 N–H and O–H groups in total. The van der Waals surface area contributed by atoms with Crippen molar-refractivity contribution < 1.29 is 19.4 Å². The van der Waals surface area contributed by atoms with Crippen LogP contribution in [0.4, 0.5) is 5.69 Å². The maximum atomic E-state index is 11.7. The van der Waals surface area contributed by atoms with Gasteiger partial charge in [0.05, 0.1) is 12.3 Å². The summed E-state index contributed by atoms with van der Waals surface area (Å²) >= 11 is 0. The third-order valence-electron chi connectivity index (χ3n) is 3.72. The number of imide groups is 1. The van der Waals surface area contributed by atoms with E-state index in [1.54, 1.807) is 6.07 Å². The van der Waals surface area contributed by atoms with Crippen LogP contribution in [-0.4, -0.2) is 39.7 Å². The minimum absolute atomic E-state index is 0.0912. The SMILES string of the molecule is CC1(C)Oc2ccc(O)cc2N=C1CN1C(=O)CCC1=O. The number of aromatic hydroxyl groups is 1. The Bertz CT molecular complexity index is 648. The van der Waals surface area contributed by atoms with Gasteiger partial charge in [0.15, 0.2) is 0 Å². The van der Waals surface area contributed by atoms with Gasteiger partial charge >= 0.3 is 0 Å². The minimum atomic E-state index is -0.715. The van der Waals surface area contributed by atoms with Crippen LogP contribution in [0.2, 0.25) is 0 Å². The molecule has 0 aliphatic carbocycles. The van der Waals surface area contributed by atoms with Gasteiger partial charge in [-0.15, -0.1) is 0 Å². The van der Waals surface area contributed by atoms with Crippen molar-refractivity contribution in [2.75, 3.05) is 6.54 Å². The first-order chi connectivity index (χ1) is 9.87. The fourth-order valence-electron chi connectivity index (χ4n) is 2.47. The number of benzene rings is 1. The molecule has 0 unspecified atom stereocenters. The lowest BCUT2D eigenvalue weighted by atomic mass is 9.99. The summed E-state index contributed by atoms with van der Waals surface area (Å²) in [4.78, 5) is 29.2. The van der Waals surface area contributed by atoms with Crippen molar-refractivity contribution in [3.05, 3.63) is 18.2 Å². The number of hydrogen-bond acceptors (Lipinski definition) is 5. The average Bonchev–Trinajstić information content (AvgIpc) is 2.71. The van der Waals surface area contributed by atoms with Crippen LogP contribution in [0, 0.1) is 0 Å². The largest absolute Gasteiger partial charge is 0.508 e. The Morgan fingerprint density at radius 1 is 1.29 bits per heavy atom. The molecule has 1 aromatic carbocycles. The van der Waals surface area contributed by atoms with Crippen molar-refractivity contribution in [1.82, 2.24) is 4.90 Å². The molecule has 2 aliphatic rings. The smallest absolute Gasteiger partial charge is 0.230 e. The number of aliphatic imine (C=N–C) groups is 1. The molecule has 1 aromatic rings. The van der Waals surface area contributed by atoms with Crippen LogP contribution < -0.4 is 4.74 Å². The second-order valence-corrected chi connectivity index (χ2v) is 5.70. The van der Waals surface area contributed by atoms with E-state index < -0.39 is 5.60 Å². The summed E-state index contributed by atoms with van der Waals surface area (Å²) in [6.07, 6.45) is 0.509. The van der Waals surface area contributed by atoms with Crippen molar-refractivity contribution in [1.29, 1.82) is 0 Å². The highest BCUT2D eigenvalue weighted by Crippen LogP contribution is 2.38. The summed E-state index contributed by atoms with van der Waals surface area (Å²) in [6.45, 7) is 3.80. The summed E-state index contributed by atoms with van der Waals surface area (Å²) in [7, 11) is 0. The molecule has 0 atom stereocenters. The zero-order chi connectivity index (χ0) is 15.2. The van der Waals surface area contributed by atoms with Gasteiger partial charge in [-0.3, -0.25) is 14.5 Å². The Labute approximate surface area is 122 Å². The molecule has 2 aliphatic heterocycles. The molecule has 0 radical (unpaired) electrons. The third kappa shape index (κ3) is 2.37. The van der Waals surface area contributed by atoms with Crippen LogP contribution in [0.25, 0.3) is 0 Å². The Kier molecular flexibility index (Phi) is 2.97. The van der Waals surface area contributed by atoms with Crippen molar-refractivity contribution in [2.45, 2.75) is 32.3 Å². The molecule has 1 fully saturated rings. The first-order valence-corrected chi connectivity index (χ1v) is 6.80. The van der Waals surface area contributed by atoms with E-state index in [0.29, 0.717) is 17.1 Å². The number of phenolic OH excluding ortho intramolecular Hbond substituents is 1. The van der Waals surface area contributed by atoms with Crippen LogP contribution >= 0.6 is 0 Å². The zero-order valence-electron chi connectivity index (χ0n) is 11.9. The quantitative estimate of drug-likeness (QED) is 0.841. The van der Waals surface area contributed by atoms with E-state index in [0.717, 1.165) is 0 Å². The van der Waals surface area contributed by atoms with Crippen LogP contribution in [0.1, 0.15) is 26.7 Å². The average molecular weight is 288 g/mol. The Balaban J connectivity index is 1.96. The predicted molar refractivity (Wildman–Crippen MR) is 75.9 cm³/mol. The Morgan fingerprint density at radius 3 is 2.62 bits per heavy atom. The number of hydrogen-bond donors (Lipinski definition) is 1. The van der Waals surface area contributed by atoms with Gasteiger partial charge in [0.25, 0.3) is 0 Å². The van der Waals surface area contributed by atoms with Crippen LogP contribution in [0.15, 0.2) is 23.2 Å². The van der Waals surface area contributed by atoms with Gasteiger partial charge in [-0.05, 0) is 26.0 Å². The number of fused-ring (bicyclic) bond motifs is 1. The summed E-state index contributed by atoms with van der Waals surface area (Å²) < 4.78 is 5.88. The van der Waals surface area contributed by atoms with Crippen molar-refractivity contribution in [2.24, 2.45) is 4.99 Å². The van der Waals surface area contributed by atoms with E-state index in [1.165, 1.54) is 17.0 Å². The van der Waals surface area contributed by atoms with Crippen LogP contribution in [0.3, 0.4) is 0 Å². The molecule has 2 heterocycles. The second kappa shape index (κ2) is 4.58. The van der Waals surface area contributed by atoms with Gasteiger partial charge in [-0.25, -0.2) is 4.99 Å². The van der Waals surface area contributed by atoms with Gasteiger partial charge in [-0.2, -0.15) is 0 Å². The molecule has 0 saturated carbocycles. The Hall–Kier alpha value is -2.37. The molecule has 0 spiro atoms. The number of likely N-dealkylation sites (tertiary alicyclic amines) is 1. The fourth-order valence-corrected chi connectivity index (χ4v) is 2.47. The molecule has 0 aromatic heterocycles. The number of rotatable bonds is 2. The summed E-state index contributed by atoms with van der Waals surface area (Å²) in [5, 5.41) is 9.53. The van der Waals surface area contributed by atoms with Crippen molar-refractivity contribution in [3.63, 3.8) is 0 Å². The molecule has 21 heavy (non-hydrogen) atoms. The summed E-state index contributed by atoms with van der Waals surface area (Å²) in [5.41, 5.74) is 0.375. The molecule has 3 rings (SSSR count). The number of nitrogens with zero attached hydrogens (tertiary/aromatic N) is 2. The molecular formula is C15H16N2O4. The lowest BCUT2D eigenvalue weighted by Crippen LogP contribution is -2.47. The maximum absolute atomic E-state index is 11.7. The molecule has 1 saturated heterocycles. The number of phenols is 1. The van der Waals surface area contributed by atoms with Crippen molar-refractivity contribution >= 4 is 23.2 Å². The van der Waals surface area contributed by atoms with E-state index in [-0.39, 0.29) is 37.0 Å². The lowest BCUT2D eigenvalue weighted by molar-refractivity contribution is -0.137. The Morgan fingerprint density at radius 2 is 1.95 bits per heavy atom. The standard InChI is InChI=1S/C15H16N2O4/c1-15(2)12(8-17-13(19)5-6-14(17)20)16-10-7-9(18)3-4-11(10)21-15/h3-4,7,18H,5-6,8H2,1-2H3. The molecular weight excluding hydrogens is 272 g/mol. The first-order valence-electron chi connectivity index (χ1n) is 6.80. The normalized spacial score (nSPS) is 20.1. The van der Waals surface area contributed by atoms with Crippen LogP contribution in [-0.2, 0) is 9.59 Å². The number of carbonyl (C=O) groups excluding carboxylic acids is 2. The molecule has 2 amide bonds. The molecule has 6 heteroatoms. The molecule has 110 valence electrons. The first kappa shape index (κ1) is 13.6. The third-order valence-corrected chi connectivity index (χ3v) is 3.72. The number of carbonyl (C=O) groups is 2. The van der Waals surface area contributed by atoms with E-state index in [1.807, 2.05) is 13.8 Å². The second-order valence-electron chi connectivity index (χ2n) is 5.70. The monoisotopic (exact) mass is 288 g/mol. The number of amides is 2. The van der Waals surface area contributed by atoms with E-state index in [4.69, 9.17) is 4.74 Å². The highest BCUT2D eigenvalue weighted by molar-refractivity contribution is 6.07. The van der Waals surface area contributed by atoms with Crippen molar-refractivity contribution in [3.8, 4) is 11.5 Å². The topological polar surface area (TPSA) is 79.2 Å². The van der Waals surface area contributed by atoms with Crippen LogP contribution in [0.5, 0.6) is 11.5 Å². The van der Waals surface area contributed by atoms with E-state index in [9.17, 15) is 14.7 Å². The summed E-state index contributed by atoms with van der Waals surface area (Å²) in [6, 6.07) is 4.68. The van der Waals surface area contributed by atoms with Gasteiger partial charge < -0.3 is 9.84 Å². The van der Waals surface area contributed by atoms with Gasteiger partial charge in [0.2, 0.25) is 11.8 Å². The minimum Gasteiger partial charge on any atom is -0.508 e. The maximum Gasteiger partial charge on any atom is 0.230 e.